The number of Topliss-reactive ketones (excluding diaryl/α,β-unsaturated/α-hetero) is 2. The Labute approximate surface area is 98.7 Å². The molecule has 0 aliphatic heterocycles. The van der Waals surface area contributed by atoms with Crippen LogP contribution in [0.1, 0.15) is 34.7 Å². The Bertz CT molecular complexity index is 567. The Kier molecular flexibility index (Phi) is 2.87. The molecule has 0 amide bonds. The maximum Gasteiger partial charge on any atom is 0.178 e. The van der Waals surface area contributed by atoms with Gasteiger partial charge in [0.05, 0.1) is 6.20 Å². The van der Waals surface area contributed by atoms with Crippen molar-refractivity contribution in [3.05, 3.63) is 41.7 Å². The van der Waals surface area contributed by atoms with Crippen LogP contribution in [0.4, 0.5) is 0 Å². The number of benzene rings is 1. The average molecular weight is 228 g/mol. The molecule has 1 aromatic heterocycles. The van der Waals surface area contributed by atoms with Crippen molar-refractivity contribution in [3.63, 3.8) is 0 Å². The third-order valence-electron chi connectivity index (χ3n) is 2.59. The number of hydrogen-bond acceptors (Lipinski definition) is 3. The van der Waals surface area contributed by atoms with Gasteiger partial charge in [0.1, 0.15) is 5.69 Å². The molecule has 0 aliphatic rings. The minimum atomic E-state index is -0.0619. The van der Waals surface area contributed by atoms with E-state index < -0.39 is 0 Å². The first-order valence-corrected chi connectivity index (χ1v) is 5.25. The summed E-state index contributed by atoms with van der Waals surface area (Å²) in [6.45, 7) is 3.01. The van der Waals surface area contributed by atoms with E-state index in [1.54, 1.807) is 18.3 Å². The van der Waals surface area contributed by atoms with E-state index in [4.69, 9.17) is 0 Å². The number of carbonyl (C=O) groups is 2. The van der Waals surface area contributed by atoms with E-state index in [0.29, 0.717) is 11.3 Å². The van der Waals surface area contributed by atoms with Crippen LogP contribution in [-0.2, 0) is 0 Å². The van der Waals surface area contributed by atoms with Crippen LogP contribution in [0.3, 0.4) is 0 Å². The second-order valence-corrected chi connectivity index (χ2v) is 3.85. The molecule has 17 heavy (non-hydrogen) atoms. The van der Waals surface area contributed by atoms with Crippen molar-refractivity contribution in [2.75, 3.05) is 0 Å². The topological polar surface area (TPSA) is 62.8 Å². The van der Waals surface area contributed by atoms with Gasteiger partial charge in [-0.05, 0) is 12.5 Å². The highest BCUT2D eigenvalue weighted by atomic mass is 16.1. The molecule has 0 spiro atoms. The Balaban J connectivity index is 2.43. The minimum absolute atomic E-state index is 0.0236. The van der Waals surface area contributed by atoms with Gasteiger partial charge in [0, 0.05) is 18.1 Å². The zero-order valence-electron chi connectivity index (χ0n) is 9.65. The molecule has 0 atom stereocenters. The molecule has 0 bridgehead atoms. The van der Waals surface area contributed by atoms with Crippen molar-refractivity contribution in [1.82, 2.24) is 10.2 Å². The van der Waals surface area contributed by atoms with Crippen LogP contribution in [0, 0.1) is 0 Å². The Morgan fingerprint density at radius 3 is 2.24 bits per heavy atom. The minimum Gasteiger partial charge on any atom is -0.295 e. The lowest BCUT2D eigenvalue weighted by Crippen LogP contribution is -1.96. The van der Waals surface area contributed by atoms with Crippen molar-refractivity contribution >= 4 is 11.6 Å². The van der Waals surface area contributed by atoms with Gasteiger partial charge in [0.15, 0.2) is 11.6 Å². The number of carbonyl (C=O) groups excluding carboxylic acids is 2. The zero-order chi connectivity index (χ0) is 12.4. The molecule has 4 nitrogen and oxygen atoms in total. The Morgan fingerprint density at radius 1 is 1.06 bits per heavy atom. The molecule has 0 fully saturated rings. The standard InChI is InChI=1S/C13H12N2O2/c1-8(16)10-3-5-11(6-4-10)12-7-14-15-13(12)9(2)17/h3-7H,1-2H3,(H,14,15). The van der Waals surface area contributed by atoms with Crippen molar-refractivity contribution in [1.29, 1.82) is 0 Å². The highest BCUT2D eigenvalue weighted by Crippen LogP contribution is 2.22. The van der Waals surface area contributed by atoms with Crippen LogP contribution < -0.4 is 0 Å². The predicted molar refractivity (Wildman–Crippen MR) is 64.0 cm³/mol. The third kappa shape index (κ3) is 2.15. The zero-order valence-corrected chi connectivity index (χ0v) is 9.65. The van der Waals surface area contributed by atoms with E-state index in [2.05, 4.69) is 10.2 Å². The predicted octanol–water partition coefficient (Wildman–Crippen LogP) is 2.48. The van der Waals surface area contributed by atoms with Gasteiger partial charge < -0.3 is 0 Å². The summed E-state index contributed by atoms with van der Waals surface area (Å²) in [6, 6.07) is 7.12. The highest BCUT2D eigenvalue weighted by molar-refractivity contribution is 5.99. The molecule has 0 saturated heterocycles. The van der Waals surface area contributed by atoms with Gasteiger partial charge in [-0.25, -0.2) is 0 Å². The summed E-state index contributed by atoms with van der Waals surface area (Å²) in [4.78, 5) is 22.5. The SMILES string of the molecule is CC(=O)c1ccc(-c2cn[nH]c2C(C)=O)cc1. The van der Waals surface area contributed by atoms with Crippen LogP contribution in [0.25, 0.3) is 11.1 Å². The van der Waals surface area contributed by atoms with Gasteiger partial charge in [-0.1, -0.05) is 24.3 Å². The molecule has 0 aliphatic carbocycles. The molecule has 4 heteroatoms. The number of H-pyrrole nitrogens is 1. The van der Waals surface area contributed by atoms with Crippen molar-refractivity contribution in [2.45, 2.75) is 13.8 Å². The maximum absolute atomic E-state index is 11.4. The van der Waals surface area contributed by atoms with Gasteiger partial charge >= 0.3 is 0 Å². The molecule has 0 saturated carbocycles. The van der Waals surface area contributed by atoms with E-state index in [0.717, 1.165) is 11.1 Å². The summed E-state index contributed by atoms with van der Waals surface area (Å²) in [5.41, 5.74) is 2.77. The average Bonchev–Trinajstić information content (AvgIpc) is 2.78. The van der Waals surface area contributed by atoms with Gasteiger partial charge in [-0.2, -0.15) is 5.10 Å². The lowest BCUT2D eigenvalue weighted by molar-refractivity contribution is 0.100. The number of nitrogens with zero attached hydrogens (tertiary/aromatic N) is 1. The van der Waals surface area contributed by atoms with Gasteiger partial charge in [-0.3, -0.25) is 14.7 Å². The maximum atomic E-state index is 11.4. The molecule has 2 aromatic rings. The molecule has 2 rings (SSSR count). The second kappa shape index (κ2) is 4.33. The van der Waals surface area contributed by atoms with Crippen molar-refractivity contribution in [3.8, 4) is 11.1 Å². The van der Waals surface area contributed by atoms with Gasteiger partial charge in [0.25, 0.3) is 0 Å². The number of aromatic amines is 1. The number of ketones is 2. The lowest BCUT2D eigenvalue weighted by atomic mass is 10.0. The number of rotatable bonds is 3. The summed E-state index contributed by atoms with van der Waals surface area (Å²) in [5, 5.41) is 6.54. The third-order valence-corrected chi connectivity index (χ3v) is 2.59. The quantitative estimate of drug-likeness (QED) is 0.821. The number of nitrogens with one attached hydrogen (secondary N) is 1. The molecular formula is C13H12N2O2. The smallest absolute Gasteiger partial charge is 0.178 e. The summed E-state index contributed by atoms with van der Waals surface area (Å²) in [7, 11) is 0. The van der Waals surface area contributed by atoms with E-state index >= 15 is 0 Å². The summed E-state index contributed by atoms with van der Waals surface area (Å²) in [5.74, 6) is -0.0383. The Hall–Kier alpha value is -2.23. The fourth-order valence-electron chi connectivity index (χ4n) is 1.66. The molecule has 0 unspecified atom stereocenters. The normalized spacial score (nSPS) is 10.2. The van der Waals surface area contributed by atoms with E-state index in [1.165, 1.54) is 13.8 Å². The van der Waals surface area contributed by atoms with Crippen LogP contribution in [0.2, 0.25) is 0 Å². The van der Waals surface area contributed by atoms with E-state index in [-0.39, 0.29) is 11.6 Å². The summed E-state index contributed by atoms with van der Waals surface area (Å²) >= 11 is 0. The fourth-order valence-corrected chi connectivity index (χ4v) is 1.66. The highest BCUT2D eigenvalue weighted by Gasteiger charge is 2.11. The first kappa shape index (κ1) is 11.3. The van der Waals surface area contributed by atoms with Crippen LogP contribution in [-0.4, -0.2) is 21.8 Å². The molecule has 1 N–H and O–H groups in total. The van der Waals surface area contributed by atoms with Crippen molar-refractivity contribution in [2.24, 2.45) is 0 Å². The second-order valence-electron chi connectivity index (χ2n) is 3.85. The Morgan fingerprint density at radius 2 is 1.71 bits per heavy atom. The lowest BCUT2D eigenvalue weighted by Gasteiger charge is -2.01. The van der Waals surface area contributed by atoms with Crippen LogP contribution in [0.5, 0.6) is 0 Å². The van der Waals surface area contributed by atoms with Gasteiger partial charge in [-0.15, -0.1) is 0 Å². The molecule has 1 aromatic carbocycles. The molecule has 0 radical (unpaired) electrons. The largest absolute Gasteiger partial charge is 0.295 e. The van der Waals surface area contributed by atoms with Crippen LogP contribution in [0.15, 0.2) is 30.5 Å². The molecule has 1 heterocycles. The van der Waals surface area contributed by atoms with Crippen LogP contribution >= 0.6 is 0 Å². The number of hydrogen-bond donors (Lipinski definition) is 1. The van der Waals surface area contributed by atoms with E-state index in [9.17, 15) is 9.59 Å². The summed E-state index contributed by atoms with van der Waals surface area (Å²) < 4.78 is 0. The monoisotopic (exact) mass is 228 g/mol. The number of aromatic nitrogens is 2. The van der Waals surface area contributed by atoms with E-state index in [1.807, 2.05) is 12.1 Å². The molecule has 86 valence electrons. The summed E-state index contributed by atoms with van der Waals surface area (Å²) in [6.07, 6.45) is 1.61. The molecular weight excluding hydrogens is 216 g/mol. The van der Waals surface area contributed by atoms with Gasteiger partial charge in [0.2, 0.25) is 0 Å². The van der Waals surface area contributed by atoms with Crippen molar-refractivity contribution < 1.29 is 9.59 Å². The fraction of sp³-hybridized carbons (Fsp3) is 0.154. The first-order valence-electron chi connectivity index (χ1n) is 5.25. The first-order chi connectivity index (χ1) is 8.09.